The number of nitrogens with zero attached hydrogens (tertiary/aromatic N) is 5. The normalized spacial score (nSPS) is 10.4. The zero-order chi connectivity index (χ0) is 17.5. The molecule has 0 radical (unpaired) electrons. The topological polar surface area (TPSA) is 88.5 Å². The van der Waals surface area contributed by atoms with Crippen molar-refractivity contribution in [3.05, 3.63) is 66.1 Å². The van der Waals surface area contributed by atoms with Crippen molar-refractivity contribution in [3.63, 3.8) is 0 Å². The fraction of sp³-hybridized carbons (Fsp3) is 0.222. The van der Waals surface area contributed by atoms with Gasteiger partial charge >= 0.3 is 0 Å². The van der Waals surface area contributed by atoms with E-state index in [1.165, 1.54) is 0 Å². The van der Waals surface area contributed by atoms with Gasteiger partial charge in [-0.1, -0.05) is 30.3 Å². The standard InChI is InChI=1S/C18H18N6O/c19-8-4-9-23-10-7-17(22-23)21-18(25)11-16-12-20-24(14-16)13-15-5-2-1-3-6-15/h1-3,5-7,10,12,14H,4,9,11,13H2,(H,21,22,25). The summed E-state index contributed by atoms with van der Waals surface area (Å²) in [5, 5.41) is 19.8. The number of amides is 1. The quantitative estimate of drug-likeness (QED) is 0.717. The molecule has 0 aliphatic carbocycles. The van der Waals surface area contributed by atoms with Gasteiger partial charge in [-0.3, -0.25) is 14.2 Å². The van der Waals surface area contributed by atoms with Crippen LogP contribution >= 0.6 is 0 Å². The van der Waals surface area contributed by atoms with Crippen molar-refractivity contribution >= 4 is 11.7 Å². The van der Waals surface area contributed by atoms with Gasteiger partial charge in [0, 0.05) is 18.5 Å². The van der Waals surface area contributed by atoms with Gasteiger partial charge in [0.1, 0.15) is 0 Å². The minimum atomic E-state index is -0.148. The number of benzene rings is 1. The van der Waals surface area contributed by atoms with Crippen LogP contribution in [0.4, 0.5) is 5.82 Å². The Morgan fingerprint density at radius 1 is 1.16 bits per heavy atom. The summed E-state index contributed by atoms with van der Waals surface area (Å²) in [6.45, 7) is 1.18. The van der Waals surface area contributed by atoms with Gasteiger partial charge in [0.15, 0.2) is 5.82 Å². The number of hydrogen-bond donors (Lipinski definition) is 1. The summed E-state index contributed by atoms with van der Waals surface area (Å²) in [5.74, 6) is 0.337. The summed E-state index contributed by atoms with van der Waals surface area (Å²) in [7, 11) is 0. The summed E-state index contributed by atoms with van der Waals surface area (Å²) in [4.78, 5) is 12.1. The molecule has 0 spiro atoms. The molecule has 2 heterocycles. The van der Waals surface area contributed by atoms with Crippen molar-refractivity contribution in [2.45, 2.75) is 25.9 Å². The number of nitrogens with one attached hydrogen (secondary N) is 1. The Labute approximate surface area is 145 Å². The second kappa shape index (κ2) is 7.93. The fourth-order valence-electron chi connectivity index (χ4n) is 2.44. The van der Waals surface area contributed by atoms with E-state index < -0.39 is 0 Å². The molecule has 3 rings (SSSR count). The second-order valence-corrected chi connectivity index (χ2v) is 5.63. The highest BCUT2D eigenvalue weighted by molar-refractivity contribution is 5.91. The van der Waals surface area contributed by atoms with E-state index in [0.29, 0.717) is 25.3 Å². The number of aryl methyl sites for hydroxylation is 1. The lowest BCUT2D eigenvalue weighted by molar-refractivity contribution is -0.115. The van der Waals surface area contributed by atoms with Crippen LogP contribution < -0.4 is 5.32 Å². The molecule has 1 N–H and O–H groups in total. The van der Waals surface area contributed by atoms with Crippen LogP contribution in [0.5, 0.6) is 0 Å². The van der Waals surface area contributed by atoms with E-state index in [4.69, 9.17) is 5.26 Å². The number of rotatable bonds is 7. The average Bonchev–Trinajstić information content (AvgIpc) is 3.23. The Morgan fingerprint density at radius 2 is 2.00 bits per heavy atom. The first kappa shape index (κ1) is 16.5. The number of anilines is 1. The van der Waals surface area contributed by atoms with E-state index >= 15 is 0 Å². The fourth-order valence-corrected chi connectivity index (χ4v) is 2.44. The van der Waals surface area contributed by atoms with Crippen LogP contribution in [0.2, 0.25) is 0 Å². The molecule has 3 aromatic rings. The molecule has 1 aromatic carbocycles. The Bertz CT molecular complexity index is 874. The van der Waals surface area contributed by atoms with Gasteiger partial charge < -0.3 is 5.32 Å². The minimum absolute atomic E-state index is 0.148. The van der Waals surface area contributed by atoms with E-state index in [1.807, 2.05) is 41.2 Å². The number of aromatic nitrogens is 4. The van der Waals surface area contributed by atoms with Crippen molar-refractivity contribution in [2.24, 2.45) is 0 Å². The zero-order valence-corrected chi connectivity index (χ0v) is 13.7. The molecule has 2 aromatic heterocycles. The lowest BCUT2D eigenvalue weighted by Gasteiger charge is -2.01. The lowest BCUT2D eigenvalue weighted by Crippen LogP contribution is -2.15. The highest BCUT2D eigenvalue weighted by Gasteiger charge is 2.08. The predicted molar refractivity (Wildman–Crippen MR) is 92.6 cm³/mol. The second-order valence-electron chi connectivity index (χ2n) is 5.63. The highest BCUT2D eigenvalue weighted by Crippen LogP contribution is 2.07. The molecule has 0 aliphatic heterocycles. The third-order valence-corrected chi connectivity index (χ3v) is 3.60. The number of nitriles is 1. The molecule has 0 saturated carbocycles. The van der Waals surface area contributed by atoms with Gasteiger partial charge in [0.25, 0.3) is 0 Å². The average molecular weight is 334 g/mol. The predicted octanol–water partition coefficient (Wildman–Crippen LogP) is 2.22. The van der Waals surface area contributed by atoms with Crippen molar-refractivity contribution in [2.75, 3.05) is 5.32 Å². The Hall–Kier alpha value is -3.40. The van der Waals surface area contributed by atoms with E-state index in [9.17, 15) is 4.79 Å². The molecule has 0 unspecified atom stereocenters. The van der Waals surface area contributed by atoms with Crippen molar-refractivity contribution in [1.82, 2.24) is 19.6 Å². The Morgan fingerprint density at radius 3 is 2.80 bits per heavy atom. The smallest absolute Gasteiger partial charge is 0.230 e. The number of hydrogen-bond acceptors (Lipinski definition) is 4. The molecule has 25 heavy (non-hydrogen) atoms. The van der Waals surface area contributed by atoms with Crippen molar-refractivity contribution in [3.8, 4) is 6.07 Å². The van der Waals surface area contributed by atoms with Crippen molar-refractivity contribution in [1.29, 1.82) is 5.26 Å². The minimum Gasteiger partial charge on any atom is -0.309 e. The molecule has 0 bridgehead atoms. The van der Waals surface area contributed by atoms with Gasteiger partial charge in [-0.2, -0.15) is 15.5 Å². The van der Waals surface area contributed by atoms with Crippen LogP contribution in [0.25, 0.3) is 0 Å². The summed E-state index contributed by atoms with van der Waals surface area (Å²) >= 11 is 0. The van der Waals surface area contributed by atoms with E-state index in [0.717, 1.165) is 11.1 Å². The van der Waals surface area contributed by atoms with Crippen LogP contribution in [0, 0.1) is 11.3 Å². The van der Waals surface area contributed by atoms with Gasteiger partial charge in [-0.15, -0.1) is 0 Å². The summed E-state index contributed by atoms with van der Waals surface area (Å²) in [6.07, 6.45) is 5.94. The largest absolute Gasteiger partial charge is 0.309 e. The molecule has 0 fully saturated rings. The molecule has 1 amide bonds. The van der Waals surface area contributed by atoms with Gasteiger partial charge in [0.05, 0.1) is 38.2 Å². The molecular formula is C18H18N6O. The molecule has 126 valence electrons. The Balaban J connectivity index is 1.53. The monoisotopic (exact) mass is 334 g/mol. The first-order valence-electron chi connectivity index (χ1n) is 7.98. The maximum absolute atomic E-state index is 12.1. The highest BCUT2D eigenvalue weighted by atomic mass is 16.1. The maximum Gasteiger partial charge on any atom is 0.230 e. The summed E-state index contributed by atoms with van der Waals surface area (Å²) in [5.41, 5.74) is 2.00. The van der Waals surface area contributed by atoms with Gasteiger partial charge in [0.2, 0.25) is 5.91 Å². The van der Waals surface area contributed by atoms with Crippen molar-refractivity contribution < 1.29 is 4.79 Å². The van der Waals surface area contributed by atoms with Gasteiger partial charge in [-0.25, -0.2) is 0 Å². The molecular weight excluding hydrogens is 316 g/mol. The van der Waals surface area contributed by atoms with E-state index in [2.05, 4.69) is 21.6 Å². The third kappa shape index (κ3) is 4.78. The lowest BCUT2D eigenvalue weighted by atomic mass is 10.2. The molecule has 0 saturated heterocycles. The third-order valence-electron chi connectivity index (χ3n) is 3.60. The molecule has 7 nitrogen and oxygen atoms in total. The van der Waals surface area contributed by atoms with Crippen LogP contribution in [-0.2, 0) is 24.3 Å². The van der Waals surface area contributed by atoms with Crippen LogP contribution in [0.1, 0.15) is 17.5 Å². The number of carbonyl (C=O) groups excluding carboxylic acids is 1. The van der Waals surface area contributed by atoms with Crippen LogP contribution in [0.15, 0.2) is 55.0 Å². The van der Waals surface area contributed by atoms with Gasteiger partial charge in [-0.05, 0) is 11.1 Å². The molecule has 0 aliphatic rings. The van der Waals surface area contributed by atoms with E-state index in [-0.39, 0.29) is 12.3 Å². The first-order chi connectivity index (χ1) is 12.2. The molecule has 0 atom stereocenters. The summed E-state index contributed by atoms with van der Waals surface area (Å²) in [6, 6.07) is 13.8. The van der Waals surface area contributed by atoms with Crippen LogP contribution in [0.3, 0.4) is 0 Å². The van der Waals surface area contributed by atoms with Crippen LogP contribution in [-0.4, -0.2) is 25.5 Å². The Kier molecular flexibility index (Phi) is 5.22. The maximum atomic E-state index is 12.1. The molecule has 7 heteroatoms. The van der Waals surface area contributed by atoms with E-state index in [1.54, 1.807) is 23.1 Å². The zero-order valence-electron chi connectivity index (χ0n) is 13.7. The SMILES string of the molecule is N#CCCn1ccc(NC(=O)Cc2cnn(Cc3ccccc3)c2)n1. The summed E-state index contributed by atoms with van der Waals surface area (Å²) < 4.78 is 3.45. The number of carbonyl (C=O) groups is 1. The first-order valence-corrected chi connectivity index (χ1v) is 7.98.